The van der Waals surface area contributed by atoms with Crippen LogP contribution in [0, 0.1) is 0 Å². The summed E-state index contributed by atoms with van der Waals surface area (Å²) >= 11 is 0. The van der Waals surface area contributed by atoms with Gasteiger partial charge in [-0.25, -0.2) is 4.79 Å². The molecule has 0 saturated carbocycles. The molecular formula is C16H20N2O5. The van der Waals surface area contributed by atoms with Crippen LogP contribution in [0.25, 0.3) is 0 Å². The summed E-state index contributed by atoms with van der Waals surface area (Å²) in [5.74, 6) is -0.906. The van der Waals surface area contributed by atoms with Gasteiger partial charge in [0.25, 0.3) is 5.91 Å². The summed E-state index contributed by atoms with van der Waals surface area (Å²) in [5.41, 5.74) is 0.875. The molecule has 0 aromatic heterocycles. The van der Waals surface area contributed by atoms with E-state index in [9.17, 15) is 14.4 Å². The van der Waals surface area contributed by atoms with Gasteiger partial charge in [-0.1, -0.05) is 13.0 Å². The van der Waals surface area contributed by atoms with Gasteiger partial charge in [0, 0.05) is 18.7 Å². The molecule has 0 heterocycles. The lowest BCUT2D eigenvalue weighted by Gasteiger charge is -2.12. The first kappa shape index (κ1) is 18.2. The van der Waals surface area contributed by atoms with Gasteiger partial charge in [0.05, 0.1) is 12.8 Å². The molecule has 124 valence electrons. The first-order chi connectivity index (χ1) is 11.0. The molecule has 1 rings (SSSR count). The normalized spacial score (nSPS) is 10.2. The van der Waals surface area contributed by atoms with Crippen molar-refractivity contribution in [1.29, 1.82) is 0 Å². The molecule has 0 saturated heterocycles. The largest absolute Gasteiger partial charge is 0.495 e. The van der Waals surface area contributed by atoms with Gasteiger partial charge in [0.1, 0.15) is 5.75 Å². The second-order valence-corrected chi connectivity index (χ2v) is 4.56. The zero-order chi connectivity index (χ0) is 17.2. The van der Waals surface area contributed by atoms with Crippen molar-refractivity contribution in [3.8, 4) is 5.75 Å². The van der Waals surface area contributed by atoms with Gasteiger partial charge in [0.15, 0.2) is 6.61 Å². The standard InChI is InChI=1S/C16H20N2O5/c1-4-5-6-16(21)23-10-15(20)18-13-9-12(17-11(2)19)7-8-14(13)22-3/h5-9H,4,10H2,1-3H3,(H,17,19)(H,18,20)/b6-5+. The quantitative estimate of drug-likeness (QED) is 0.593. The number of ether oxygens (including phenoxy) is 2. The number of carbonyl (C=O) groups is 3. The highest BCUT2D eigenvalue weighted by molar-refractivity contribution is 5.96. The van der Waals surface area contributed by atoms with Gasteiger partial charge in [0.2, 0.25) is 5.91 Å². The van der Waals surface area contributed by atoms with Crippen molar-refractivity contribution in [2.24, 2.45) is 0 Å². The molecule has 0 radical (unpaired) electrons. The maximum absolute atomic E-state index is 11.8. The number of amides is 2. The highest BCUT2D eigenvalue weighted by Crippen LogP contribution is 2.27. The summed E-state index contributed by atoms with van der Waals surface area (Å²) in [6.45, 7) is 2.84. The number of hydrogen-bond donors (Lipinski definition) is 2. The second kappa shape index (κ2) is 9.24. The lowest BCUT2D eigenvalue weighted by molar-refractivity contribution is -0.142. The van der Waals surface area contributed by atoms with Crippen LogP contribution in [0.4, 0.5) is 11.4 Å². The Bertz CT molecular complexity index is 610. The molecule has 2 N–H and O–H groups in total. The van der Waals surface area contributed by atoms with Crippen molar-refractivity contribution in [3.05, 3.63) is 30.4 Å². The van der Waals surface area contributed by atoms with Crippen LogP contribution in [0.3, 0.4) is 0 Å². The molecule has 23 heavy (non-hydrogen) atoms. The molecule has 0 aliphatic rings. The van der Waals surface area contributed by atoms with Crippen LogP contribution in [0.1, 0.15) is 20.3 Å². The van der Waals surface area contributed by atoms with Crippen molar-refractivity contribution in [2.75, 3.05) is 24.4 Å². The monoisotopic (exact) mass is 320 g/mol. The van der Waals surface area contributed by atoms with Gasteiger partial charge in [-0.2, -0.15) is 0 Å². The second-order valence-electron chi connectivity index (χ2n) is 4.56. The van der Waals surface area contributed by atoms with Gasteiger partial charge >= 0.3 is 5.97 Å². The predicted octanol–water partition coefficient (Wildman–Crippen LogP) is 2.10. The van der Waals surface area contributed by atoms with Crippen molar-refractivity contribution in [2.45, 2.75) is 20.3 Å². The summed E-state index contributed by atoms with van der Waals surface area (Å²) < 4.78 is 9.94. The first-order valence-electron chi connectivity index (χ1n) is 7.05. The number of carbonyl (C=O) groups excluding carboxylic acids is 3. The van der Waals surface area contributed by atoms with Crippen LogP contribution in [-0.4, -0.2) is 31.5 Å². The van der Waals surface area contributed by atoms with E-state index in [1.54, 1.807) is 24.3 Å². The lowest BCUT2D eigenvalue weighted by atomic mass is 10.2. The van der Waals surface area contributed by atoms with Crippen LogP contribution in [-0.2, 0) is 19.1 Å². The molecule has 0 atom stereocenters. The van der Waals surface area contributed by atoms with Crippen LogP contribution in [0.2, 0.25) is 0 Å². The zero-order valence-electron chi connectivity index (χ0n) is 13.3. The van der Waals surface area contributed by atoms with E-state index in [2.05, 4.69) is 10.6 Å². The number of anilines is 2. The van der Waals surface area contributed by atoms with E-state index in [0.29, 0.717) is 23.5 Å². The van der Waals surface area contributed by atoms with E-state index in [0.717, 1.165) is 0 Å². The van der Waals surface area contributed by atoms with Gasteiger partial charge < -0.3 is 20.1 Å². The molecule has 1 aromatic carbocycles. The maximum Gasteiger partial charge on any atom is 0.330 e. The van der Waals surface area contributed by atoms with E-state index in [1.165, 1.54) is 20.1 Å². The van der Waals surface area contributed by atoms with E-state index < -0.39 is 18.5 Å². The summed E-state index contributed by atoms with van der Waals surface area (Å²) in [7, 11) is 1.46. The molecule has 0 bridgehead atoms. The maximum atomic E-state index is 11.8. The van der Waals surface area contributed by atoms with Crippen LogP contribution in [0.15, 0.2) is 30.4 Å². The van der Waals surface area contributed by atoms with Crippen LogP contribution < -0.4 is 15.4 Å². The third kappa shape index (κ3) is 6.64. The molecule has 1 aromatic rings. The third-order valence-corrected chi connectivity index (χ3v) is 2.63. The fraction of sp³-hybridized carbons (Fsp3) is 0.312. The molecule has 7 heteroatoms. The fourth-order valence-electron chi connectivity index (χ4n) is 1.67. The molecular weight excluding hydrogens is 300 g/mol. The Morgan fingerprint density at radius 3 is 2.57 bits per heavy atom. The van der Waals surface area contributed by atoms with Gasteiger partial charge in [-0.3, -0.25) is 9.59 Å². The zero-order valence-corrected chi connectivity index (χ0v) is 13.3. The van der Waals surface area contributed by atoms with E-state index in [4.69, 9.17) is 9.47 Å². The Kier molecular flexibility index (Phi) is 7.32. The van der Waals surface area contributed by atoms with Crippen molar-refractivity contribution in [1.82, 2.24) is 0 Å². The summed E-state index contributed by atoms with van der Waals surface area (Å²) in [6, 6.07) is 4.80. The number of allylic oxidation sites excluding steroid dienone is 1. The Hall–Kier alpha value is -2.83. The number of hydrogen-bond acceptors (Lipinski definition) is 5. The number of methoxy groups -OCH3 is 1. The molecule has 7 nitrogen and oxygen atoms in total. The Morgan fingerprint density at radius 1 is 1.22 bits per heavy atom. The first-order valence-corrected chi connectivity index (χ1v) is 7.05. The average molecular weight is 320 g/mol. The molecule has 0 aliphatic heterocycles. The Morgan fingerprint density at radius 2 is 1.96 bits per heavy atom. The van der Waals surface area contributed by atoms with Gasteiger partial charge in [-0.15, -0.1) is 0 Å². The van der Waals surface area contributed by atoms with Crippen molar-refractivity contribution >= 4 is 29.2 Å². The predicted molar refractivity (Wildman–Crippen MR) is 86.3 cm³/mol. The fourth-order valence-corrected chi connectivity index (χ4v) is 1.67. The highest BCUT2D eigenvalue weighted by Gasteiger charge is 2.11. The van der Waals surface area contributed by atoms with Crippen molar-refractivity contribution < 1.29 is 23.9 Å². The van der Waals surface area contributed by atoms with Crippen LogP contribution in [0.5, 0.6) is 5.75 Å². The van der Waals surface area contributed by atoms with Gasteiger partial charge in [-0.05, 0) is 24.6 Å². The number of esters is 1. The Labute approximate surface area is 134 Å². The van der Waals surface area contributed by atoms with E-state index >= 15 is 0 Å². The molecule has 0 unspecified atom stereocenters. The number of rotatable bonds is 7. The number of nitrogens with one attached hydrogen (secondary N) is 2. The summed E-state index contributed by atoms with van der Waals surface area (Å²) in [4.78, 5) is 34.2. The molecule has 0 spiro atoms. The number of benzene rings is 1. The molecule has 2 amide bonds. The van der Waals surface area contributed by atoms with Crippen LogP contribution >= 0.6 is 0 Å². The SMILES string of the molecule is CC/C=C/C(=O)OCC(=O)Nc1cc(NC(C)=O)ccc1OC. The minimum atomic E-state index is -0.582. The average Bonchev–Trinajstić information content (AvgIpc) is 2.50. The highest BCUT2D eigenvalue weighted by atomic mass is 16.5. The lowest BCUT2D eigenvalue weighted by Crippen LogP contribution is -2.20. The topological polar surface area (TPSA) is 93.7 Å². The summed E-state index contributed by atoms with van der Waals surface area (Å²) in [6.07, 6.45) is 3.61. The van der Waals surface area contributed by atoms with E-state index in [1.807, 2.05) is 6.92 Å². The summed E-state index contributed by atoms with van der Waals surface area (Å²) in [5, 5.41) is 5.17. The molecule has 0 fully saturated rings. The minimum absolute atomic E-state index is 0.232. The smallest absolute Gasteiger partial charge is 0.330 e. The van der Waals surface area contributed by atoms with Crippen molar-refractivity contribution in [3.63, 3.8) is 0 Å². The van der Waals surface area contributed by atoms with E-state index in [-0.39, 0.29) is 5.91 Å². The Balaban J connectivity index is 2.70. The third-order valence-electron chi connectivity index (χ3n) is 2.63. The molecule has 0 aliphatic carbocycles. The minimum Gasteiger partial charge on any atom is -0.495 e.